The molecule has 2 fully saturated rings. The zero-order valence-electron chi connectivity index (χ0n) is 11.1. The highest BCUT2D eigenvalue weighted by Crippen LogP contribution is 2.43. The molecule has 2 aliphatic rings. The van der Waals surface area contributed by atoms with Crippen LogP contribution in [0.2, 0.25) is 0 Å². The maximum Gasteiger partial charge on any atom is 0.0950 e. The molecule has 1 heterocycles. The molecule has 1 aromatic rings. The van der Waals surface area contributed by atoms with Crippen molar-refractivity contribution in [3.05, 3.63) is 18.2 Å². The SMILES string of the molecule is CC(C)C1CCC(n2cncc2C2CC2)CC1. The van der Waals surface area contributed by atoms with E-state index in [0.29, 0.717) is 0 Å². The molecule has 0 bridgehead atoms. The first-order valence-electron chi connectivity index (χ1n) is 7.27. The molecule has 1 aromatic heterocycles. The molecule has 3 rings (SSSR count). The van der Waals surface area contributed by atoms with Gasteiger partial charge in [-0.25, -0.2) is 4.98 Å². The van der Waals surface area contributed by atoms with Crippen molar-refractivity contribution in [1.29, 1.82) is 0 Å². The third kappa shape index (κ3) is 2.27. The minimum Gasteiger partial charge on any atom is -0.331 e. The first kappa shape index (κ1) is 11.3. The zero-order chi connectivity index (χ0) is 11.8. The van der Waals surface area contributed by atoms with Crippen LogP contribution in [0.15, 0.2) is 12.5 Å². The van der Waals surface area contributed by atoms with Gasteiger partial charge in [0.25, 0.3) is 0 Å². The predicted octanol–water partition coefficient (Wildman–Crippen LogP) is 4.15. The number of nitrogens with zero attached hydrogens (tertiary/aromatic N) is 2. The number of hydrogen-bond acceptors (Lipinski definition) is 1. The lowest BCUT2D eigenvalue weighted by molar-refractivity contribution is 0.223. The summed E-state index contributed by atoms with van der Waals surface area (Å²) in [4.78, 5) is 4.38. The van der Waals surface area contributed by atoms with Crippen molar-refractivity contribution in [1.82, 2.24) is 9.55 Å². The van der Waals surface area contributed by atoms with Crippen molar-refractivity contribution < 1.29 is 0 Å². The van der Waals surface area contributed by atoms with Crippen LogP contribution < -0.4 is 0 Å². The third-order valence-corrected chi connectivity index (χ3v) is 4.77. The van der Waals surface area contributed by atoms with Crippen LogP contribution in [-0.2, 0) is 0 Å². The molecule has 2 saturated carbocycles. The predicted molar refractivity (Wildman–Crippen MR) is 70.0 cm³/mol. The molecule has 0 aliphatic heterocycles. The smallest absolute Gasteiger partial charge is 0.0950 e. The molecule has 2 nitrogen and oxygen atoms in total. The summed E-state index contributed by atoms with van der Waals surface area (Å²) in [5.41, 5.74) is 1.51. The minimum atomic E-state index is 0.739. The van der Waals surface area contributed by atoms with E-state index in [9.17, 15) is 0 Å². The lowest BCUT2D eigenvalue weighted by Crippen LogP contribution is -2.21. The quantitative estimate of drug-likeness (QED) is 0.765. The lowest BCUT2D eigenvalue weighted by atomic mass is 9.79. The fourth-order valence-electron chi connectivity index (χ4n) is 3.36. The molecule has 0 spiro atoms. The summed E-state index contributed by atoms with van der Waals surface area (Å²) in [6, 6.07) is 0.739. The molecule has 0 radical (unpaired) electrons. The first-order chi connectivity index (χ1) is 8.25. The van der Waals surface area contributed by atoms with Gasteiger partial charge in [-0.3, -0.25) is 0 Å². The van der Waals surface area contributed by atoms with Crippen LogP contribution in [0.4, 0.5) is 0 Å². The van der Waals surface area contributed by atoms with E-state index in [1.165, 1.54) is 44.2 Å². The highest BCUT2D eigenvalue weighted by atomic mass is 15.1. The molecule has 2 aliphatic carbocycles. The van der Waals surface area contributed by atoms with E-state index >= 15 is 0 Å². The molecule has 0 N–H and O–H groups in total. The Morgan fingerprint density at radius 3 is 2.41 bits per heavy atom. The van der Waals surface area contributed by atoms with Crippen molar-refractivity contribution >= 4 is 0 Å². The Hall–Kier alpha value is -0.790. The van der Waals surface area contributed by atoms with Crippen molar-refractivity contribution in [3.8, 4) is 0 Å². The molecule has 0 atom stereocenters. The number of hydrogen-bond donors (Lipinski definition) is 0. The van der Waals surface area contributed by atoms with E-state index in [4.69, 9.17) is 0 Å². The number of rotatable bonds is 3. The van der Waals surface area contributed by atoms with Crippen LogP contribution in [0, 0.1) is 11.8 Å². The van der Waals surface area contributed by atoms with Gasteiger partial charge in [-0.05, 0) is 50.4 Å². The number of aromatic nitrogens is 2. The molecule has 0 aromatic carbocycles. The van der Waals surface area contributed by atoms with Gasteiger partial charge in [-0.2, -0.15) is 0 Å². The maximum atomic E-state index is 4.38. The van der Waals surface area contributed by atoms with Crippen molar-refractivity contribution in [2.75, 3.05) is 0 Å². The van der Waals surface area contributed by atoms with Crippen LogP contribution in [0.5, 0.6) is 0 Å². The van der Waals surface area contributed by atoms with Crippen molar-refractivity contribution in [2.24, 2.45) is 11.8 Å². The van der Waals surface area contributed by atoms with E-state index < -0.39 is 0 Å². The summed E-state index contributed by atoms with van der Waals surface area (Å²) in [7, 11) is 0. The molecular weight excluding hydrogens is 208 g/mol. The van der Waals surface area contributed by atoms with Gasteiger partial charge in [0.05, 0.1) is 6.33 Å². The van der Waals surface area contributed by atoms with E-state index in [1.54, 1.807) is 0 Å². The molecule has 17 heavy (non-hydrogen) atoms. The van der Waals surface area contributed by atoms with Crippen molar-refractivity contribution in [3.63, 3.8) is 0 Å². The van der Waals surface area contributed by atoms with Gasteiger partial charge in [-0.15, -0.1) is 0 Å². The van der Waals surface area contributed by atoms with E-state index in [2.05, 4.69) is 35.9 Å². The van der Waals surface area contributed by atoms with Crippen LogP contribution in [0.25, 0.3) is 0 Å². The van der Waals surface area contributed by atoms with Gasteiger partial charge in [0.2, 0.25) is 0 Å². The van der Waals surface area contributed by atoms with Crippen LogP contribution in [0.3, 0.4) is 0 Å². The molecule has 2 heteroatoms. The second-order valence-electron chi connectivity index (χ2n) is 6.31. The van der Waals surface area contributed by atoms with Gasteiger partial charge >= 0.3 is 0 Å². The second-order valence-corrected chi connectivity index (χ2v) is 6.31. The standard InChI is InChI=1S/C15H24N2/c1-11(2)12-5-7-14(8-6-12)17-10-16-9-15(17)13-3-4-13/h9-14H,3-8H2,1-2H3. The fraction of sp³-hybridized carbons (Fsp3) is 0.800. The van der Waals surface area contributed by atoms with Crippen LogP contribution in [0.1, 0.15) is 70.0 Å². The zero-order valence-corrected chi connectivity index (χ0v) is 11.1. The van der Waals surface area contributed by atoms with Crippen molar-refractivity contribution in [2.45, 2.75) is 64.3 Å². The summed E-state index contributed by atoms with van der Waals surface area (Å²) >= 11 is 0. The maximum absolute atomic E-state index is 4.38. The average Bonchev–Trinajstić information content (AvgIpc) is 3.07. The topological polar surface area (TPSA) is 17.8 Å². The van der Waals surface area contributed by atoms with Gasteiger partial charge in [0.1, 0.15) is 0 Å². The van der Waals surface area contributed by atoms with E-state index in [-0.39, 0.29) is 0 Å². The fourth-order valence-corrected chi connectivity index (χ4v) is 3.36. The Morgan fingerprint density at radius 2 is 1.82 bits per heavy atom. The normalized spacial score (nSPS) is 29.8. The summed E-state index contributed by atoms with van der Waals surface area (Å²) in [6.07, 6.45) is 12.5. The second kappa shape index (κ2) is 4.47. The largest absolute Gasteiger partial charge is 0.331 e. The van der Waals surface area contributed by atoms with Gasteiger partial charge < -0.3 is 4.57 Å². The van der Waals surface area contributed by atoms with E-state index in [0.717, 1.165) is 23.8 Å². The molecule has 0 amide bonds. The number of imidazole rings is 1. The molecular formula is C15H24N2. The van der Waals surface area contributed by atoms with Gasteiger partial charge in [0.15, 0.2) is 0 Å². The molecule has 0 saturated heterocycles. The Balaban J connectivity index is 1.67. The molecule has 94 valence electrons. The highest BCUT2D eigenvalue weighted by Gasteiger charge is 2.30. The van der Waals surface area contributed by atoms with Crippen LogP contribution >= 0.6 is 0 Å². The summed E-state index contributed by atoms with van der Waals surface area (Å²) in [5, 5.41) is 0. The molecule has 0 unspecified atom stereocenters. The first-order valence-corrected chi connectivity index (χ1v) is 7.27. The Labute approximate surface area is 104 Å². The highest BCUT2D eigenvalue weighted by molar-refractivity contribution is 5.13. The van der Waals surface area contributed by atoms with E-state index in [1.807, 2.05) is 0 Å². The monoisotopic (exact) mass is 232 g/mol. The Bertz CT molecular complexity index is 368. The van der Waals surface area contributed by atoms with Gasteiger partial charge in [-0.1, -0.05) is 13.8 Å². The third-order valence-electron chi connectivity index (χ3n) is 4.77. The average molecular weight is 232 g/mol. The summed E-state index contributed by atoms with van der Waals surface area (Å²) < 4.78 is 2.49. The van der Waals surface area contributed by atoms with Gasteiger partial charge in [0, 0.05) is 23.9 Å². The minimum absolute atomic E-state index is 0.739. The lowest BCUT2D eigenvalue weighted by Gasteiger charge is -2.32. The summed E-state index contributed by atoms with van der Waals surface area (Å²) in [6.45, 7) is 4.75. The Morgan fingerprint density at radius 1 is 1.12 bits per heavy atom. The Kier molecular flexibility index (Phi) is 2.97. The van der Waals surface area contributed by atoms with Crippen LogP contribution in [-0.4, -0.2) is 9.55 Å². The summed E-state index contributed by atoms with van der Waals surface area (Å²) in [5.74, 6) is 2.65.